The summed E-state index contributed by atoms with van der Waals surface area (Å²) in [6.07, 6.45) is 1.75. The van der Waals surface area contributed by atoms with E-state index in [0.717, 1.165) is 11.1 Å². The number of benzene rings is 1. The van der Waals surface area contributed by atoms with E-state index in [0.29, 0.717) is 23.0 Å². The predicted molar refractivity (Wildman–Crippen MR) is 85.0 cm³/mol. The number of rotatable bonds is 5. The Balaban J connectivity index is 2.24. The lowest BCUT2D eigenvalue weighted by Crippen LogP contribution is -2.10. The number of nitrogens with one attached hydrogen (secondary N) is 1. The van der Waals surface area contributed by atoms with Gasteiger partial charge in [0.25, 0.3) is 0 Å². The fourth-order valence-electron chi connectivity index (χ4n) is 2.10. The smallest absolute Gasteiger partial charge is 0.161 e. The number of nitrogen functional groups attached to an aromatic ring is 1. The molecule has 1 aromatic carbocycles. The highest BCUT2D eigenvalue weighted by atomic mass is 16.5. The quantitative estimate of drug-likeness (QED) is 0.884. The van der Waals surface area contributed by atoms with Crippen LogP contribution in [0.25, 0.3) is 0 Å². The van der Waals surface area contributed by atoms with Gasteiger partial charge in [-0.2, -0.15) is 0 Å². The van der Waals surface area contributed by atoms with Gasteiger partial charge in [-0.25, -0.2) is 4.98 Å². The summed E-state index contributed by atoms with van der Waals surface area (Å²) in [5, 5.41) is 3.32. The maximum atomic E-state index is 6.04. The number of pyridine rings is 1. The third-order valence-corrected chi connectivity index (χ3v) is 3.47. The summed E-state index contributed by atoms with van der Waals surface area (Å²) in [4.78, 5) is 4.29. The van der Waals surface area contributed by atoms with Gasteiger partial charge >= 0.3 is 0 Å². The molecule has 3 N–H and O–H groups in total. The fraction of sp³-hybridized carbons (Fsp3) is 0.312. The van der Waals surface area contributed by atoms with Gasteiger partial charge in [-0.05, 0) is 43.2 Å². The van der Waals surface area contributed by atoms with Gasteiger partial charge < -0.3 is 20.5 Å². The zero-order valence-electron chi connectivity index (χ0n) is 12.8. The number of nitrogens with two attached hydrogens (primary N) is 1. The maximum Gasteiger partial charge on any atom is 0.161 e. The van der Waals surface area contributed by atoms with Gasteiger partial charge in [0.2, 0.25) is 0 Å². The molecule has 0 aliphatic rings. The van der Waals surface area contributed by atoms with Crippen molar-refractivity contribution in [2.24, 2.45) is 0 Å². The Morgan fingerprint density at radius 1 is 1.14 bits per heavy atom. The van der Waals surface area contributed by atoms with Crippen LogP contribution in [0.1, 0.15) is 24.1 Å². The minimum atomic E-state index is 0.0430. The first-order chi connectivity index (χ1) is 10.1. The van der Waals surface area contributed by atoms with Crippen molar-refractivity contribution < 1.29 is 9.47 Å². The standard InChI is InChI=1S/C16H21N3O2/c1-10-7-8-18-16(15(10)17)19-11(2)12-5-6-13(20-3)14(9-12)21-4/h5-9,11H,17H2,1-4H3,(H,18,19). The number of nitrogens with zero attached hydrogens (tertiary/aromatic N) is 1. The van der Waals surface area contributed by atoms with Crippen LogP contribution in [-0.4, -0.2) is 19.2 Å². The summed E-state index contributed by atoms with van der Waals surface area (Å²) in [6.45, 7) is 4.01. The summed E-state index contributed by atoms with van der Waals surface area (Å²) in [7, 11) is 3.25. The first kappa shape index (κ1) is 15.0. The van der Waals surface area contributed by atoms with Crippen LogP contribution in [0.15, 0.2) is 30.5 Å². The van der Waals surface area contributed by atoms with E-state index in [2.05, 4.69) is 10.3 Å². The number of ether oxygens (including phenoxy) is 2. The fourth-order valence-corrected chi connectivity index (χ4v) is 2.10. The van der Waals surface area contributed by atoms with Crippen molar-refractivity contribution in [2.45, 2.75) is 19.9 Å². The van der Waals surface area contributed by atoms with E-state index in [1.807, 2.05) is 38.1 Å². The molecule has 1 aromatic heterocycles. The SMILES string of the molecule is COc1ccc(C(C)Nc2nccc(C)c2N)cc1OC. The molecule has 112 valence electrons. The van der Waals surface area contributed by atoms with E-state index >= 15 is 0 Å². The van der Waals surface area contributed by atoms with Crippen molar-refractivity contribution in [1.82, 2.24) is 4.98 Å². The Labute approximate surface area is 125 Å². The average molecular weight is 287 g/mol. The van der Waals surface area contributed by atoms with Gasteiger partial charge in [-0.3, -0.25) is 0 Å². The summed E-state index contributed by atoms with van der Waals surface area (Å²) in [5.74, 6) is 2.10. The highest BCUT2D eigenvalue weighted by Crippen LogP contribution is 2.31. The third-order valence-electron chi connectivity index (χ3n) is 3.47. The Bertz CT molecular complexity index is 629. The van der Waals surface area contributed by atoms with Gasteiger partial charge in [-0.1, -0.05) is 6.07 Å². The molecule has 0 aliphatic carbocycles. The van der Waals surface area contributed by atoms with Crippen molar-refractivity contribution in [3.8, 4) is 11.5 Å². The minimum Gasteiger partial charge on any atom is -0.493 e. The first-order valence-electron chi connectivity index (χ1n) is 6.76. The second-order valence-electron chi connectivity index (χ2n) is 4.87. The minimum absolute atomic E-state index is 0.0430. The van der Waals surface area contributed by atoms with Crippen molar-refractivity contribution >= 4 is 11.5 Å². The zero-order chi connectivity index (χ0) is 15.4. The highest BCUT2D eigenvalue weighted by molar-refractivity contribution is 5.65. The monoisotopic (exact) mass is 287 g/mol. The van der Waals surface area contributed by atoms with E-state index in [1.54, 1.807) is 20.4 Å². The number of hydrogen-bond acceptors (Lipinski definition) is 5. The molecule has 21 heavy (non-hydrogen) atoms. The van der Waals surface area contributed by atoms with Crippen LogP contribution in [0.5, 0.6) is 11.5 Å². The van der Waals surface area contributed by atoms with Crippen LogP contribution in [0.3, 0.4) is 0 Å². The van der Waals surface area contributed by atoms with Crippen LogP contribution in [0, 0.1) is 6.92 Å². The molecule has 2 aromatic rings. The van der Waals surface area contributed by atoms with Crippen LogP contribution < -0.4 is 20.5 Å². The van der Waals surface area contributed by atoms with Crippen LogP contribution in [0.4, 0.5) is 11.5 Å². The number of methoxy groups -OCH3 is 2. The topological polar surface area (TPSA) is 69.4 Å². The van der Waals surface area contributed by atoms with Gasteiger partial charge in [0.1, 0.15) is 5.82 Å². The Kier molecular flexibility index (Phi) is 4.52. The largest absolute Gasteiger partial charge is 0.493 e. The molecule has 1 heterocycles. The highest BCUT2D eigenvalue weighted by Gasteiger charge is 2.12. The maximum absolute atomic E-state index is 6.04. The molecule has 1 unspecified atom stereocenters. The second kappa shape index (κ2) is 6.35. The molecule has 0 saturated carbocycles. The molecule has 0 aliphatic heterocycles. The number of aryl methyl sites for hydroxylation is 1. The molecule has 0 radical (unpaired) electrons. The van der Waals surface area contributed by atoms with Crippen LogP contribution in [-0.2, 0) is 0 Å². The zero-order valence-corrected chi connectivity index (χ0v) is 12.8. The van der Waals surface area contributed by atoms with E-state index in [-0.39, 0.29) is 6.04 Å². The van der Waals surface area contributed by atoms with Gasteiger partial charge in [0.05, 0.1) is 25.9 Å². The summed E-state index contributed by atoms with van der Waals surface area (Å²) in [5.41, 5.74) is 8.78. The summed E-state index contributed by atoms with van der Waals surface area (Å²) in [6, 6.07) is 7.76. The summed E-state index contributed by atoms with van der Waals surface area (Å²) >= 11 is 0. The van der Waals surface area contributed by atoms with E-state index < -0.39 is 0 Å². The lowest BCUT2D eigenvalue weighted by molar-refractivity contribution is 0.354. The first-order valence-corrected chi connectivity index (χ1v) is 6.76. The van der Waals surface area contributed by atoms with Gasteiger partial charge in [-0.15, -0.1) is 0 Å². The lowest BCUT2D eigenvalue weighted by atomic mass is 10.1. The van der Waals surface area contributed by atoms with Gasteiger partial charge in [0.15, 0.2) is 11.5 Å². The van der Waals surface area contributed by atoms with Crippen LogP contribution in [0.2, 0.25) is 0 Å². The molecule has 2 rings (SSSR count). The summed E-state index contributed by atoms with van der Waals surface area (Å²) < 4.78 is 10.6. The number of aromatic nitrogens is 1. The van der Waals surface area contributed by atoms with Gasteiger partial charge in [0, 0.05) is 6.20 Å². The molecule has 1 atom stereocenters. The molecule has 0 saturated heterocycles. The van der Waals surface area contributed by atoms with Crippen molar-refractivity contribution in [1.29, 1.82) is 0 Å². The normalized spacial score (nSPS) is 11.8. The molecule has 5 heteroatoms. The van der Waals surface area contributed by atoms with E-state index in [4.69, 9.17) is 15.2 Å². The van der Waals surface area contributed by atoms with Crippen molar-refractivity contribution in [2.75, 3.05) is 25.3 Å². The second-order valence-corrected chi connectivity index (χ2v) is 4.87. The predicted octanol–water partition coefficient (Wildman–Crippen LogP) is 3.16. The Morgan fingerprint density at radius 2 is 1.86 bits per heavy atom. The molecular formula is C16H21N3O2. The third kappa shape index (κ3) is 3.18. The number of anilines is 2. The Hall–Kier alpha value is -2.43. The number of hydrogen-bond donors (Lipinski definition) is 2. The molecule has 0 spiro atoms. The molecular weight excluding hydrogens is 266 g/mol. The lowest BCUT2D eigenvalue weighted by Gasteiger charge is -2.18. The van der Waals surface area contributed by atoms with Crippen molar-refractivity contribution in [3.63, 3.8) is 0 Å². The van der Waals surface area contributed by atoms with E-state index in [9.17, 15) is 0 Å². The molecule has 0 fully saturated rings. The van der Waals surface area contributed by atoms with E-state index in [1.165, 1.54) is 0 Å². The van der Waals surface area contributed by atoms with Crippen molar-refractivity contribution in [3.05, 3.63) is 41.6 Å². The molecule has 0 bridgehead atoms. The van der Waals surface area contributed by atoms with Crippen LogP contribution >= 0.6 is 0 Å². The Morgan fingerprint density at radius 3 is 2.52 bits per heavy atom. The molecule has 5 nitrogen and oxygen atoms in total. The average Bonchev–Trinajstić information content (AvgIpc) is 2.51. The molecule has 0 amide bonds.